The topological polar surface area (TPSA) is 88.8 Å². The van der Waals surface area contributed by atoms with E-state index in [0.717, 1.165) is 24.8 Å². The lowest BCUT2D eigenvalue weighted by atomic mass is 10.0. The number of hydrogen-bond donors (Lipinski definition) is 1. The molecule has 1 aromatic heterocycles. The Labute approximate surface area is 212 Å². The Morgan fingerprint density at radius 1 is 1.00 bits per heavy atom. The van der Waals surface area contributed by atoms with Gasteiger partial charge in [-0.15, -0.1) is 0 Å². The van der Waals surface area contributed by atoms with E-state index in [4.69, 9.17) is 10.5 Å². The van der Waals surface area contributed by atoms with Crippen LogP contribution in [0.4, 0.5) is 5.82 Å². The first-order valence-electron chi connectivity index (χ1n) is 12.6. The zero-order valence-electron chi connectivity index (χ0n) is 20.8. The number of hydrogen-bond acceptors (Lipinski definition) is 5. The van der Waals surface area contributed by atoms with Crippen LogP contribution in [0.3, 0.4) is 0 Å². The smallest absolute Gasteiger partial charge is 0.257 e. The molecule has 0 radical (unpaired) electrons. The molecule has 0 saturated carbocycles. The number of rotatable bonds is 4. The van der Waals surface area contributed by atoms with Gasteiger partial charge in [-0.2, -0.15) is 0 Å². The van der Waals surface area contributed by atoms with Crippen LogP contribution in [0.15, 0.2) is 72.9 Å². The van der Waals surface area contributed by atoms with Gasteiger partial charge in [0.25, 0.3) is 11.8 Å². The first-order chi connectivity index (χ1) is 17.6. The molecule has 1 atom stereocenters. The van der Waals surface area contributed by atoms with E-state index in [1.807, 2.05) is 59.2 Å². The molecule has 2 N–H and O–H groups in total. The second kappa shape index (κ2) is 12.2. The predicted octanol–water partition coefficient (Wildman–Crippen LogP) is 4.44. The summed E-state index contributed by atoms with van der Waals surface area (Å²) in [5.41, 5.74) is 7.93. The van der Waals surface area contributed by atoms with Crippen LogP contribution in [0.5, 0.6) is 5.75 Å². The third kappa shape index (κ3) is 6.22. The summed E-state index contributed by atoms with van der Waals surface area (Å²) in [4.78, 5) is 34.9. The van der Waals surface area contributed by atoms with Gasteiger partial charge in [-0.05, 0) is 62.4 Å². The Morgan fingerprint density at radius 2 is 1.75 bits per heavy atom. The van der Waals surface area contributed by atoms with Crippen molar-refractivity contribution in [1.29, 1.82) is 0 Å². The fraction of sp³-hybridized carbons (Fsp3) is 0.345. The van der Waals surface area contributed by atoms with Gasteiger partial charge in [0.2, 0.25) is 0 Å². The van der Waals surface area contributed by atoms with Crippen molar-refractivity contribution in [2.24, 2.45) is 0 Å². The van der Waals surface area contributed by atoms with Crippen molar-refractivity contribution in [2.75, 3.05) is 32.0 Å². The zero-order valence-corrected chi connectivity index (χ0v) is 20.8. The maximum atomic E-state index is 13.7. The van der Waals surface area contributed by atoms with Crippen LogP contribution in [0.1, 0.15) is 52.5 Å². The lowest BCUT2D eigenvalue weighted by molar-refractivity contribution is 0.0605. The number of benzene rings is 2. The average molecular weight is 487 g/mol. The highest BCUT2D eigenvalue weighted by Gasteiger charge is 2.27. The van der Waals surface area contributed by atoms with Crippen LogP contribution >= 0.6 is 0 Å². The van der Waals surface area contributed by atoms with Gasteiger partial charge < -0.3 is 20.3 Å². The molecule has 2 heterocycles. The normalized spacial score (nSPS) is 17.2. The standard InChI is InChI=1S/C29H34N4O3/c1-2-32-17-9-4-10-18-33(28(34)23-15-16-27(30)31-20-23)24(19-22-11-5-3-6-12-22)21-36-26-14-8-7-13-25(26)29(32)35/h3,5-8,11-16,20,24H,2,4,9-10,17-19,21H2,1H3,(H2,30,31)/t24-/m0/s1. The summed E-state index contributed by atoms with van der Waals surface area (Å²) in [7, 11) is 0. The number of aromatic nitrogens is 1. The molecule has 2 aromatic carbocycles. The molecule has 36 heavy (non-hydrogen) atoms. The van der Waals surface area contributed by atoms with Gasteiger partial charge in [0.15, 0.2) is 0 Å². The Morgan fingerprint density at radius 3 is 2.50 bits per heavy atom. The second-order valence-corrected chi connectivity index (χ2v) is 9.07. The van der Waals surface area contributed by atoms with Gasteiger partial charge in [-0.3, -0.25) is 9.59 Å². The van der Waals surface area contributed by atoms with Crippen molar-refractivity contribution < 1.29 is 14.3 Å². The van der Waals surface area contributed by atoms with Crippen LogP contribution in [0.25, 0.3) is 0 Å². The van der Waals surface area contributed by atoms with Crippen molar-refractivity contribution in [3.05, 3.63) is 89.6 Å². The fourth-order valence-corrected chi connectivity index (χ4v) is 4.58. The molecule has 0 aliphatic carbocycles. The number of pyridine rings is 1. The number of anilines is 1. The molecule has 7 heteroatoms. The largest absolute Gasteiger partial charge is 0.491 e. The Hall–Kier alpha value is -3.87. The highest BCUT2D eigenvalue weighted by molar-refractivity contribution is 5.97. The highest BCUT2D eigenvalue weighted by Crippen LogP contribution is 2.23. The van der Waals surface area contributed by atoms with E-state index in [1.54, 1.807) is 12.1 Å². The lowest BCUT2D eigenvalue weighted by Crippen LogP contribution is -2.45. The Bertz CT molecular complexity index is 1150. The van der Waals surface area contributed by atoms with E-state index in [0.29, 0.717) is 48.7 Å². The quantitative estimate of drug-likeness (QED) is 0.589. The van der Waals surface area contributed by atoms with Crippen molar-refractivity contribution in [3.63, 3.8) is 0 Å². The molecule has 188 valence electrons. The van der Waals surface area contributed by atoms with Gasteiger partial charge in [0, 0.05) is 25.8 Å². The number of nitrogen functional groups attached to an aromatic ring is 1. The summed E-state index contributed by atoms with van der Waals surface area (Å²) < 4.78 is 6.31. The average Bonchev–Trinajstić information content (AvgIpc) is 2.92. The monoisotopic (exact) mass is 486 g/mol. The van der Waals surface area contributed by atoms with E-state index < -0.39 is 0 Å². The molecule has 2 amide bonds. The lowest BCUT2D eigenvalue weighted by Gasteiger charge is -2.32. The van der Waals surface area contributed by atoms with Crippen LogP contribution in [0, 0.1) is 0 Å². The molecule has 1 aliphatic heterocycles. The molecule has 0 spiro atoms. The van der Waals surface area contributed by atoms with Crippen LogP contribution in [-0.2, 0) is 6.42 Å². The minimum absolute atomic E-state index is 0.0205. The van der Waals surface area contributed by atoms with Crippen LogP contribution < -0.4 is 10.5 Å². The van der Waals surface area contributed by atoms with E-state index in [2.05, 4.69) is 17.1 Å². The van der Waals surface area contributed by atoms with Gasteiger partial charge in [-0.25, -0.2) is 4.98 Å². The molecular weight excluding hydrogens is 452 g/mol. The number of para-hydroxylation sites is 1. The zero-order chi connectivity index (χ0) is 25.3. The van der Waals surface area contributed by atoms with Crippen molar-refractivity contribution >= 4 is 17.6 Å². The first kappa shape index (κ1) is 25.2. The molecule has 1 aliphatic rings. The maximum Gasteiger partial charge on any atom is 0.257 e. The SMILES string of the molecule is CCN1CCCCCN(C(=O)c2ccc(N)nc2)[C@@H](Cc2ccccc2)COc2ccccc2C1=O. The summed E-state index contributed by atoms with van der Waals surface area (Å²) in [5.74, 6) is 0.802. The number of carbonyl (C=O) groups excluding carboxylic acids is 2. The van der Waals surface area contributed by atoms with Crippen molar-refractivity contribution in [1.82, 2.24) is 14.8 Å². The van der Waals surface area contributed by atoms with Gasteiger partial charge >= 0.3 is 0 Å². The van der Waals surface area contributed by atoms with Gasteiger partial charge in [0.1, 0.15) is 18.2 Å². The van der Waals surface area contributed by atoms with Crippen molar-refractivity contribution in [2.45, 2.75) is 38.6 Å². The minimum Gasteiger partial charge on any atom is -0.491 e. The molecule has 3 aromatic rings. The third-order valence-corrected chi connectivity index (χ3v) is 6.59. The molecule has 4 rings (SSSR count). The van der Waals surface area contributed by atoms with Gasteiger partial charge in [0.05, 0.1) is 17.2 Å². The van der Waals surface area contributed by atoms with E-state index in [1.165, 1.54) is 6.20 Å². The number of amides is 2. The van der Waals surface area contributed by atoms with Crippen LogP contribution in [0.2, 0.25) is 0 Å². The summed E-state index contributed by atoms with van der Waals surface area (Å²) in [6, 6.07) is 20.6. The minimum atomic E-state index is -0.233. The summed E-state index contributed by atoms with van der Waals surface area (Å²) in [6.45, 7) is 4.16. The molecular formula is C29H34N4O3. The number of ether oxygens (including phenoxy) is 1. The summed E-state index contributed by atoms with van der Waals surface area (Å²) >= 11 is 0. The fourth-order valence-electron chi connectivity index (χ4n) is 4.58. The Kier molecular flexibility index (Phi) is 8.55. The number of nitrogens with zero attached hydrogens (tertiary/aromatic N) is 3. The molecule has 0 fully saturated rings. The van der Waals surface area contributed by atoms with Crippen molar-refractivity contribution in [3.8, 4) is 5.75 Å². The maximum absolute atomic E-state index is 13.7. The second-order valence-electron chi connectivity index (χ2n) is 9.07. The molecule has 0 unspecified atom stereocenters. The molecule has 0 bridgehead atoms. The first-order valence-corrected chi connectivity index (χ1v) is 12.6. The predicted molar refractivity (Wildman–Crippen MR) is 141 cm³/mol. The number of fused-ring (bicyclic) bond motifs is 1. The van der Waals surface area contributed by atoms with Crippen LogP contribution in [-0.4, -0.2) is 58.9 Å². The molecule has 0 saturated heterocycles. The van der Waals surface area contributed by atoms with E-state index >= 15 is 0 Å². The number of nitrogens with two attached hydrogens (primary N) is 1. The molecule has 7 nitrogen and oxygen atoms in total. The van der Waals surface area contributed by atoms with E-state index in [-0.39, 0.29) is 24.5 Å². The van der Waals surface area contributed by atoms with Gasteiger partial charge in [-0.1, -0.05) is 42.5 Å². The summed E-state index contributed by atoms with van der Waals surface area (Å²) in [6.07, 6.45) is 4.78. The Balaban J connectivity index is 1.69. The van der Waals surface area contributed by atoms with E-state index in [9.17, 15) is 9.59 Å². The number of carbonyl (C=O) groups is 2. The highest BCUT2D eigenvalue weighted by atomic mass is 16.5. The third-order valence-electron chi connectivity index (χ3n) is 6.59. The summed E-state index contributed by atoms with van der Waals surface area (Å²) in [5, 5.41) is 0.